The van der Waals surface area contributed by atoms with E-state index in [0.717, 1.165) is 12.8 Å². The van der Waals surface area contributed by atoms with Gasteiger partial charge in [0.05, 0.1) is 26.1 Å². The van der Waals surface area contributed by atoms with Gasteiger partial charge in [-0.3, -0.25) is 4.52 Å². The molecule has 0 amide bonds. The average Bonchev–Trinajstić information content (AvgIpc) is 3.18. The molecular formula is C20H25N6O6P. The minimum Gasteiger partial charge on any atom is -0.462 e. The van der Waals surface area contributed by atoms with E-state index in [4.69, 9.17) is 30.0 Å². The highest BCUT2D eigenvalue weighted by Crippen LogP contribution is 2.51. The molecule has 13 heteroatoms. The minimum absolute atomic E-state index is 0.00386. The predicted octanol–water partition coefficient (Wildman–Crippen LogP) is 2.59. The average molecular weight is 476 g/mol. The molecule has 3 aromatic rings. The molecule has 1 aliphatic heterocycles. The van der Waals surface area contributed by atoms with Crippen LogP contribution in [0.15, 0.2) is 30.6 Å². The van der Waals surface area contributed by atoms with Crippen LogP contribution in [0.5, 0.6) is 5.75 Å². The summed E-state index contributed by atoms with van der Waals surface area (Å²) in [5.74, 6) is -0.212. The Labute approximate surface area is 189 Å². The van der Waals surface area contributed by atoms with Crippen molar-refractivity contribution in [1.82, 2.24) is 19.5 Å². The van der Waals surface area contributed by atoms with Gasteiger partial charge in [-0.25, -0.2) is 14.3 Å². The molecule has 2 atom stereocenters. The van der Waals surface area contributed by atoms with Crippen LogP contribution in [-0.4, -0.2) is 51.2 Å². The lowest BCUT2D eigenvalue weighted by Crippen LogP contribution is -2.31. The highest BCUT2D eigenvalue weighted by molar-refractivity contribution is 7.54. The van der Waals surface area contributed by atoms with Crippen molar-refractivity contribution in [3.63, 3.8) is 0 Å². The molecule has 0 unspecified atom stereocenters. The number of benzene rings is 1. The number of nitrogens with two attached hydrogens (primary N) is 2. The van der Waals surface area contributed by atoms with Crippen LogP contribution in [0.2, 0.25) is 0 Å². The first-order valence-corrected chi connectivity index (χ1v) is 12.2. The Bertz CT molecular complexity index is 1190. The van der Waals surface area contributed by atoms with Crippen LogP contribution in [0.4, 0.5) is 11.8 Å². The summed E-state index contributed by atoms with van der Waals surface area (Å²) in [6.07, 6.45) is 2.46. The summed E-state index contributed by atoms with van der Waals surface area (Å²) in [6.45, 7) is 2.61. The zero-order valence-electron chi connectivity index (χ0n) is 18.0. The monoisotopic (exact) mass is 476 g/mol. The number of nitrogen functional groups attached to an aromatic ring is 2. The third-order valence-corrected chi connectivity index (χ3v) is 6.39. The summed E-state index contributed by atoms with van der Waals surface area (Å²) in [4.78, 5) is 24.6. The Morgan fingerprint density at radius 2 is 2.12 bits per heavy atom. The quantitative estimate of drug-likeness (QED) is 0.279. The smallest absolute Gasteiger partial charge is 0.404 e. The van der Waals surface area contributed by atoms with Crippen molar-refractivity contribution in [3.05, 3.63) is 36.2 Å². The molecule has 4 N–H and O–H groups in total. The first-order valence-electron chi connectivity index (χ1n) is 10.4. The molecule has 3 heterocycles. The summed E-state index contributed by atoms with van der Waals surface area (Å²) < 4.78 is 37.0. The van der Waals surface area contributed by atoms with Crippen molar-refractivity contribution < 1.29 is 27.9 Å². The van der Waals surface area contributed by atoms with Gasteiger partial charge in [-0.15, -0.1) is 0 Å². The van der Waals surface area contributed by atoms with Crippen molar-refractivity contribution in [2.24, 2.45) is 0 Å². The second-order valence-corrected chi connectivity index (χ2v) is 9.36. The summed E-state index contributed by atoms with van der Waals surface area (Å²) in [6, 6.07) is 6.43. The number of carbonyl (C=O) groups excluding carboxylic acids is 1. The highest BCUT2D eigenvalue weighted by Gasteiger charge is 2.36. The molecule has 2 aromatic heterocycles. The Hall–Kier alpha value is -3.21. The zero-order chi connectivity index (χ0) is 23.4. The molecular weight excluding hydrogens is 451 g/mol. The summed E-state index contributed by atoms with van der Waals surface area (Å²) in [7, 11) is -3.65. The normalized spacial score (nSPS) is 20.6. The number of hydrogen-bond acceptors (Lipinski definition) is 11. The molecule has 1 aliphatic rings. The molecule has 33 heavy (non-hydrogen) atoms. The van der Waals surface area contributed by atoms with Gasteiger partial charge in [0.25, 0.3) is 0 Å². The lowest BCUT2D eigenvalue weighted by atomic mass is 10.2. The Morgan fingerprint density at radius 3 is 2.88 bits per heavy atom. The van der Waals surface area contributed by atoms with E-state index in [1.54, 1.807) is 29.1 Å². The number of aromatic nitrogens is 4. The highest BCUT2D eigenvalue weighted by atomic mass is 31.2. The maximum Gasteiger partial charge on any atom is 0.404 e. The number of esters is 1. The van der Waals surface area contributed by atoms with Crippen LogP contribution in [-0.2, 0) is 25.1 Å². The first kappa shape index (κ1) is 23.0. The van der Waals surface area contributed by atoms with Gasteiger partial charge in [0.15, 0.2) is 17.8 Å². The molecule has 176 valence electrons. The van der Waals surface area contributed by atoms with Crippen molar-refractivity contribution in [2.75, 3.05) is 31.0 Å². The number of imidazole rings is 1. The van der Waals surface area contributed by atoms with Gasteiger partial charge in [0.1, 0.15) is 22.9 Å². The first-order chi connectivity index (χ1) is 15.9. The number of rotatable bonds is 8. The van der Waals surface area contributed by atoms with E-state index >= 15 is 0 Å². The van der Waals surface area contributed by atoms with Crippen LogP contribution in [0.25, 0.3) is 11.2 Å². The summed E-state index contributed by atoms with van der Waals surface area (Å²) in [5, 5.41) is 0. The van der Waals surface area contributed by atoms with Crippen LogP contribution in [0, 0.1) is 0 Å². The minimum atomic E-state index is -3.65. The molecule has 0 spiro atoms. The third kappa shape index (κ3) is 5.24. The van der Waals surface area contributed by atoms with E-state index in [1.165, 1.54) is 6.07 Å². The van der Waals surface area contributed by atoms with E-state index in [2.05, 4.69) is 15.0 Å². The third-order valence-electron chi connectivity index (χ3n) is 4.91. The lowest BCUT2D eigenvalue weighted by molar-refractivity contribution is -0.00599. The predicted molar refractivity (Wildman–Crippen MR) is 120 cm³/mol. The van der Waals surface area contributed by atoms with Gasteiger partial charge < -0.3 is 30.0 Å². The van der Waals surface area contributed by atoms with Crippen molar-refractivity contribution >= 4 is 36.5 Å². The molecule has 1 saturated heterocycles. The van der Waals surface area contributed by atoms with Crippen molar-refractivity contribution in [2.45, 2.75) is 32.4 Å². The molecule has 0 saturated carbocycles. The second-order valence-electron chi connectivity index (χ2n) is 7.44. The maximum atomic E-state index is 13.1. The molecule has 0 aliphatic carbocycles. The van der Waals surface area contributed by atoms with E-state index in [9.17, 15) is 9.36 Å². The maximum absolute atomic E-state index is 13.1. The lowest BCUT2D eigenvalue weighted by Gasteiger charge is -2.29. The van der Waals surface area contributed by atoms with Gasteiger partial charge in [0.2, 0.25) is 5.95 Å². The molecule has 0 radical (unpaired) electrons. The van der Waals surface area contributed by atoms with Crippen LogP contribution >= 0.6 is 7.60 Å². The number of ether oxygens (including phenoxy) is 2. The van der Waals surface area contributed by atoms with E-state index < -0.39 is 19.7 Å². The number of para-hydroxylation sites is 1. The van der Waals surface area contributed by atoms with Gasteiger partial charge >= 0.3 is 13.6 Å². The van der Waals surface area contributed by atoms with Crippen molar-refractivity contribution in [3.8, 4) is 5.75 Å². The Morgan fingerprint density at radius 1 is 1.30 bits per heavy atom. The number of hydrogen-bond donors (Lipinski definition) is 2. The number of anilines is 2. The van der Waals surface area contributed by atoms with Crippen LogP contribution < -0.4 is 16.0 Å². The van der Waals surface area contributed by atoms with Crippen LogP contribution in [0.1, 0.15) is 30.1 Å². The van der Waals surface area contributed by atoms with Crippen LogP contribution in [0.3, 0.4) is 0 Å². The van der Waals surface area contributed by atoms with E-state index in [-0.39, 0.29) is 36.0 Å². The van der Waals surface area contributed by atoms with Gasteiger partial charge in [-0.05, 0) is 18.6 Å². The van der Waals surface area contributed by atoms with Gasteiger partial charge in [-0.2, -0.15) is 9.97 Å². The molecule has 12 nitrogen and oxygen atoms in total. The SMILES string of the molecule is CCCCOC(=O)c1ccccc1O[P@]1(=O)CO[C@@H](Cn2cnc3c(N)nc(N)nc32)CO1. The fraction of sp³-hybridized carbons (Fsp3) is 0.400. The fourth-order valence-corrected chi connectivity index (χ4v) is 4.65. The number of nitrogens with zero attached hydrogens (tertiary/aromatic N) is 4. The molecule has 4 rings (SSSR count). The van der Waals surface area contributed by atoms with E-state index in [0.29, 0.717) is 24.3 Å². The topological polar surface area (TPSA) is 167 Å². The second kappa shape index (κ2) is 9.74. The largest absolute Gasteiger partial charge is 0.462 e. The number of unbranched alkanes of at least 4 members (excludes halogenated alkanes) is 1. The number of carbonyl (C=O) groups is 1. The molecule has 1 fully saturated rings. The summed E-state index contributed by atoms with van der Waals surface area (Å²) in [5.41, 5.74) is 12.6. The van der Waals surface area contributed by atoms with Gasteiger partial charge in [-0.1, -0.05) is 25.5 Å². The number of fused-ring (bicyclic) bond motifs is 1. The zero-order valence-corrected chi connectivity index (χ0v) is 18.9. The van der Waals surface area contributed by atoms with Gasteiger partial charge in [0, 0.05) is 0 Å². The Balaban J connectivity index is 1.40. The molecule has 0 bridgehead atoms. The Kier molecular flexibility index (Phi) is 6.77. The van der Waals surface area contributed by atoms with E-state index in [1.807, 2.05) is 6.92 Å². The summed E-state index contributed by atoms with van der Waals surface area (Å²) >= 11 is 0. The van der Waals surface area contributed by atoms with Crippen molar-refractivity contribution in [1.29, 1.82) is 0 Å². The molecule has 1 aromatic carbocycles. The standard InChI is InChI=1S/C20H25N6O6P/c1-2-3-8-29-19(27)14-6-4-5-7-15(14)32-33(28)12-30-13(10-31-33)9-26-11-23-16-17(21)24-20(22)25-18(16)26/h4-7,11,13H,2-3,8-10,12H2,1H3,(H4,21,22,24,25)/t13-,33-/m0/s1. The fourth-order valence-electron chi connectivity index (χ4n) is 3.23.